The van der Waals surface area contributed by atoms with E-state index >= 15 is 0 Å². The summed E-state index contributed by atoms with van der Waals surface area (Å²) in [6, 6.07) is 0. The SMILES string of the molecule is CSc1nc2ncnc(N(C)CCCn3ccnc3C)c2s1. The zero-order chi connectivity index (χ0) is 15.5. The molecular weight excluding hydrogens is 316 g/mol. The number of aromatic nitrogens is 5. The van der Waals surface area contributed by atoms with Crippen LogP contribution in [-0.2, 0) is 6.54 Å². The van der Waals surface area contributed by atoms with E-state index in [0.717, 1.165) is 45.8 Å². The predicted molar refractivity (Wildman–Crippen MR) is 91.8 cm³/mol. The fourth-order valence-corrected chi connectivity index (χ4v) is 3.86. The normalized spacial score (nSPS) is 11.2. The first-order valence-electron chi connectivity index (χ1n) is 7.03. The van der Waals surface area contributed by atoms with Gasteiger partial charge in [-0.25, -0.2) is 19.9 Å². The molecule has 3 heterocycles. The number of rotatable bonds is 6. The highest BCUT2D eigenvalue weighted by molar-refractivity contribution is 8.00. The van der Waals surface area contributed by atoms with Crippen molar-refractivity contribution in [3.05, 3.63) is 24.5 Å². The molecule has 0 fully saturated rings. The zero-order valence-corrected chi connectivity index (χ0v) is 14.5. The van der Waals surface area contributed by atoms with Gasteiger partial charge in [0.25, 0.3) is 0 Å². The largest absolute Gasteiger partial charge is 0.358 e. The van der Waals surface area contributed by atoms with E-state index in [1.165, 1.54) is 0 Å². The lowest BCUT2D eigenvalue weighted by atomic mass is 10.3. The van der Waals surface area contributed by atoms with Gasteiger partial charge in [-0.3, -0.25) is 0 Å². The van der Waals surface area contributed by atoms with Crippen LogP contribution in [0.25, 0.3) is 10.3 Å². The van der Waals surface area contributed by atoms with Crippen LogP contribution in [0.3, 0.4) is 0 Å². The van der Waals surface area contributed by atoms with Gasteiger partial charge in [0.05, 0.1) is 0 Å². The van der Waals surface area contributed by atoms with E-state index in [1.807, 2.05) is 25.6 Å². The molecule has 3 aromatic rings. The van der Waals surface area contributed by atoms with Crippen LogP contribution in [0.2, 0.25) is 0 Å². The van der Waals surface area contributed by atoms with Gasteiger partial charge in [-0.05, 0) is 19.6 Å². The molecular formula is C14H18N6S2. The number of imidazole rings is 1. The molecule has 0 aromatic carbocycles. The number of nitrogens with zero attached hydrogens (tertiary/aromatic N) is 6. The molecule has 8 heteroatoms. The lowest BCUT2D eigenvalue weighted by Gasteiger charge is -2.18. The Balaban J connectivity index is 1.70. The van der Waals surface area contributed by atoms with E-state index in [1.54, 1.807) is 29.4 Å². The quantitative estimate of drug-likeness (QED) is 0.646. The Morgan fingerprint density at radius 1 is 1.32 bits per heavy atom. The fourth-order valence-electron chi connectivity index (χ4n) is 2.31. The van der Waals surface area contributed by atoms with Gasteiger partial charge < -0.3 is 9.47 Å². The molecule has 6 nitrogen and oxygen atoms in total. The first kappa shape index (κ1) is 15.2. The zero-order valence-electron chi connectivity index (χ0n) is 12.9. The molecule has 0 spiro atoms. The summed E-state index contributed by atoms with van der Waals surface area (Å²) in [7, 11) is 2.07. The Morgan fingerprint density at radius 3 is 2.91 bits per heavy atom. The Morgan fingerprint density at radius 2 is 2.18 bits per heavy atom. The molecule has 0 N–H and O–H groups in total. The predicted octanol–water partition coefficient (Wildman–Crippen LogP) is 2.84. The van der Waals surface area contributed by atoms with Crippen molar-refractivity contribution in [3.8, 4) is 0 Å². The van der Waals surface area contributed by atoms with E-state index in [4.69, 9.17) is 0 Å². The maximum absolute atomic E-state index is 4.50. The maximum Gasteiger partial charge on any atom is 0.176 e. The van der Waals surface area contributed by atoms with Crippen molar-refractivity contribution >= 4 is 39.3 Å². The van der Waals surface area contributed by atoms with Gasteiger partial charge in [-0.1, -0.05) is 11.8 Å². The van der Waals surface area contributed by atoms with Crippen LogP contribution in [-0.4, -0.2) is 44.4 Å². The molecule has 0 unspecified atom stereocenters. The number of hydrogen-bond donors (Lipinski definition) is 0. The first-order chi connectivity index (χ1) is 10.7. The third kappa shape index (κ3) is 3.07. The summed E-state index contributed by atoms with van der Waals surface area (Å²) in [5, 5.41) is 0. The lowest BCUT2D eigenvalue weighted by Crippen LogP contribution is -2.21. The third-order valence-corrected chi connectivity index (χ3v) is 5.53. The monoisotopic (exact) mass is 334 g/mol. The second-order valence-corrected chi connectivity index (χ2v) is 7.03. The minimum absolute atomic E-state index is 0.789. The van der Waals surface area contributed by atoms with Crippen molar-refractivity contribution in [2.45, 2.75) is 24.2 Å². The van der Waals surface area contributed by atoms with Crippen molar-refractivity contribution < 1.29 is 0 Å². The molecule has 0 aliphatic heterocycles. The van der Waals surface area contributed by atoms with E-state index < -0.39 is 0 Å². The number of anilines is 1. The lowest BCUT2D eigenvalue weighted by molar-refractivity contribution is 0.621. The van der Waals surface area contributed by atoms with Crippen LogP contribution < -0.4 is 4.90 Å². The van der Waals surface area contributed by atoms with E-state index in [2.05, 4.69) is 36.5 Å². The first-order valence-corrected chi connectivity index (χ1v) is 9.07. The molecule has 3 aromatic heterocycles. The molecule has 0 bridgehead atoms. The summed E-state index contributed by atoms with van der Waals surface area (Å²) < 4.78 is 4.26. The van der Waals surface area contributed by atoms with E-state index in [-0.39, 0.29) is 0 Å². The van der Waals surface area contributed by atoms with Gasteiger partial charge in [0.1, 0.15) is 16.9 Å². The molecule has 3 rings (SSSR count). The highest BCUT2D eigenvalue weighted by Gasteiger charge is 2.13. The Kier molecular flexibility index (Phi) is 4.58. The van der Waals surface area contributed by atoms with Crippen molar-refractivity contribution in [1.82, 2.24) is 24.5 Å². The van der Waals surface area contributed by atoms with Gasteiger partial charge in [0.15, 0.2) is 15.8 Å². The second-order valence-electron chi connectivity index (χ2n) is 4.98. The van der Waals surface area contributed by atoms with Crippen LogP contribution in [0.5, 0.6) is 0 Å². The summed E-state index contributed by atoms with van der Waals surface area (Å²) in [5.41, 5.74) is 0.789. The molecule has 0 aliphatic rings. The van der Waals surface area contributed by atoms with Crippen LogP contribution in [0.4, 0.5) is 5.82 Å². The van der Waals surface area contributed by atoms with Crippen molar-refractivity contribution in [3.63, 3.8) is 0 Å². The number of fused-ring (bicyclic) bond motifs is 1. The van der Waals surface area contributed by atoms with Crippen LogP contribution in [0, 0.1) is 6.92 Å². The Labute approximate surface area is 137 Å². The Hall–Kier alpha value is -1.67. The van der Waals surface area contributed by atoms with Crippen LogP contribution in [0.1, 0.15) is 12.2 Å². The molecule has 0 aliphatic carbocycles. The average Bonchev–Trinajstić information content (AvgIpc) is 3.12. The summed E-state index contributed by atoms with van der Waals surface area (Å²) in [5.74, 6) is 2.02. The Bertz CT molecular complexity index is 766. The van der Waals surface area contributed by atoms with Crippen molar-refractivity contribution in [2.75, 3.05) is 24.7 Å². The molecule has 0 amide bonds. The van der Waals surface area contributed by atoms with E-state index in [0.29, 0.717) is 0 Å². The number of thiazole rings is 1. The molecule has 0 radical (unpaired) electrons. The molecule has 116 valence electrons. The summed E-state index contributed by atoms with van der Waals surface area (Å²) in [4.78, 5) is 19.6. The van der Waals surface area contributed by atoms with Gasteiger partial charge >= 0.3 is 0 Å². The van der Waals surface area contributed by atoms with E-state index in [9.17, 15) is 0 Å². The second kappa shape index (κ2) is 6.62. The van der Waals surface area contributed by atoms with Crippen molar-refractivity contribution in [1.29, 1.82) is 0 Å². The summed E-state index contributed by atoms with van der Waals surface area (Å²) >= 11 is 3.30. The highest BCUT2D eigenvalue weighted by Crippen LogP contribution is 2.32. The summed E-state index contributed by atoms with van der Waals surface area (Å²) in [6.07, 6.45) is 8.52. The summed E-state index contributed by atoms with van der Waals surface area (Å²) in [6.45, 7) is 3.92. The standard InChI is InChI=1S/C14H18N6S2/c1-10-15-5-8-20(10)7-4-6-19(2)13-11-12(16-9-17-13)18-14(21-3)22-11/h5,8-9H,4,6-7H2,1-3H3. The maximum atomic E-state index is 4.50. The highest BCUT2D eigenvalue weighted by atomic mass is 32.2. The minimum Gasteiger partial charge on any atom is -0.358 e. The molecule has 22 heavy (non-hydrogen) atoms. The molecule has 0 saturated heterocycles. The van der Waals surface area contributed by atoms with Crippen LogP contribution >= 0.6 is 23.1 Å². The van der Waals surface area contributed by atoms with Gasteiger partial charge in [-0.2, -0.15) is 0 Å². The number of hydrogen-bond acceptors (Lipinski definition) is 7. The number of thioether (sulfide) groups is 1. The fraction of sp³-hybridized carbons (Fsp3) is 0.429. The average molecular weight is 334 g/mol. The van der Waals surface area contributed by atoms with Gasteiger partial charge in [0.2, 0.25) is 0 Å². The van der Waals surface area contributed by atoms with Gasteiger partial charge in [0, 0.05) is 32.5 Å². The van der Waals surface area contributed by atoms with Gasteiger partial charge in [-0.15, -0.1) is 11.3 Å². The smallest absolute Gasteiger partial charge is 0.176 e. The van der Waals surface area contributed by atoms with Crippen molar-refractivity contribution in [2.24, 2.45) is 0 Å². The topological polar surface area (TPSA) is 59.7 Å². The van der Waals surface area contributed by atoms with Crippen LogP contribution in [0.15, 0.2) is 23.1 Å². The minimum atomic E-state index is 0.789. The third-order valence-electron chi connectivity index (χ3n) is 3.51. The molecule has 0 saturated carbocycles. The molecule has 0 atom stereocenters. The number of aryl methyl sites for hydroxylation is 2.